The van der Waals surface area contributed by atoms with Crippen molar-refractivity contribution >= 4 is 35.2 Å². The second kappa shape index (κ2) is 7.33. The summed E-state index contributed by atoms with van der Waals surface area (Å²) in [5, 5.41) is 10.5. The Labute approximate surface area is 170 Å². The molecule has 1 saturated carbocycles. The normalized spacial score (nSPS) is 22.9. The minimum Gasteiger partial charge on any atom is -0.480 e. The van der Waals surface area contributed by atoms with E-state index in [1.165, 1.54) is 22.9 Å². The lowest BCUT2D eigenvalue weighted by molar-refractivity contribution is -0.149. The van der Waals surface area contributed by atoms with Crippen LogP contribution in [-0.4, -0.2) is 49.7 Å². The molecule has 3 heterocycles. The molecule has 0 aromatic carbocycles. The van der Waals surface area contributed by atoms with E-state index in [0.29, 0.717) is 19.3 Å². The molecule has 1 amide bonds. The first-order valence-corrected chi connectivity index (χ1v) is 10.1. The lowest BCUT2D eigenvalue weighted by atomic mass is 9.98. The molecule has 0 spiro atoms. The molecule has 2 aromatic heterocycles. The Hall–Kier alpha value is -2.19. The molecule has 0 radical (unpaired) electrons. The number of pyridine rings is 2. The Morgan fingerprint density at radius 3 is 2.71 bits per heavy atom. The molecular weight excluding hydrogens is 405 g/mol. The van der Waals surface area contributed by atoms with E-state index < -0.39 is 23.2 Å². The Morgan fingerprint density at radius 2 is 2.11 bits per heavy atom. The molecule has 146 valence electrons. The van der Waals surface area contributed by atoms with Crippen LogP contribution in [0.4, 0.5) is 4.39 Å². The number of aliphatic carboxylic acids is 1. The van der Waals surface area contributed by atoms with Crippen LogP contribution in [0.15, 0.2) is 41.7 Å². The van der Waals surface area contributed by atoms with E-state index in [-0.39, 0.29) is 28.4 Å². The molecule has 6 nitrogen and oxygen atoms in total. The molecule has 1 aliphatic heterocycles. The maximum atomic E-state index is 14.4. The number of halogens is 2. The highest BCUT2D eigenvalue weighted by Gasteiger charge is 2.58. The maximum absolute atomic E-state index is 14.4. The maximum Gasteiger partial charge on any atom is 0.326 e. The summed E-state index contributed by atoms with van der Waals surface area (Å²) in [4.78, 5) is 34.7. The Balaban J connectivity index is 1.57. The van der Waals surface area contributed by atoms with Crippen LogP contribution in [0.5, 0.6) is 0 Å². The van der Waals surface area contributed by atoms with Gasteiger partial charge in [-0.05, 0) is 37.5 Å². The van der Waals surface area contributed by atoms with E-state index in [0.717, 1.165) is 11.1 Å². The van der Waals surface area contributed by atoms with Crippen LogP contribution in [-0.2, 0) is 15.0 Å². The van der Waals surface area contributed by atoms with E-state index in [1.807, 2.05) is 12.1 Å². The van der Waals surface area contributed by atoms with Gasteiger partial charge in [0.1, 0.15) is 11.9 Å². The van der Waals surface area contributed by atoms with Crippen molar-refractivity contribution in [1.29, 1.82) is 0 Å². The zero-order chi connectivity index (χ0) is 19.9. The summed E-state index contributed by atoms with van der Waals surface area (Å²) >= 11 is 7.22. The first-order chi connectivity index (χ1) is 13.4. The predicted octanol–water partition coefficient (Wildman–Crippen LogP) is 3.15. The van der Waals surface area contributed by atoms with Gasteiger partial charge in [-0.1, -0.05) is 17.7 Å². The Morgan fingerprint density at radius 1 is 1.32 bits per heavy atom. The zero-order valence-electron chi connectivity index (χ0n) is 14.7. The third-order valence-corrected chi connectivity index (χ3v) is 6.52. The van der Waals surface area contributed by atoms with Crippen molar-refractivity contribution in [2.24, 2.45) is 0 Å². The SMILES string of the molecule is O=C(O)[C@@H]1C[C@@H](Sc2ccccn2)CN1C(=O)C1(c2ncc(Cl)cc2F)CC1. The lowest BCUT2D eigenvalue weighted by Crippen LogP contribution is -2.46. The number of amides is 1. The van der Waals surface area contributed by atoms with Crippen LogP contribution in [0.3, 0.4) is 0 Å². The van der Waals surface area contributed by atoms with Crippen LogP contribution in [0.1, 0.15) is 25.0 Å². The molecule has 0 unspecified atom stereocenters. The molecule has 0 bridgehead atoms. The first-order valence-electron chi connectivity index (χ1n) is 8.84. The summed E-state index contributed by atoms with van der Waals surface area (Å²) in [6.07, 6.45) is 4.18. The molecule has 28 heavy (non-hydrogen) atoms. The lowest BCUT2D eigenvalue weighted by Gasteiger charge is -2.26. The smallest absolute Gasteiger partial charge is 0.326 e. The Bertz CT molecular complexity index is 926. The molecule has 1 N–H and O–H groups in total. The molecule has 2 aromatic rings. The molecule has 2 aliphatic rings. The number of carbonyl (C=O) groups excluding carboxylic acids is 1. The summed E-state index contributed by atoms with van der Waals surface area (Å²) in [5.74, 6) is -2.07. The highest BCUT2D eigenvalue weighted by Crippen LogP contribution is 2.51. The quantitative estimate of drug-likeness (QED) is 0.798. The van der Waals surface area contributed by atoms with Gasteiger partial charge < -0.3 is 10.0 Å². The minimum absolute atomic E-state index is 0.0480. The molecule has 2 atom stereocenters. The average molecular weight is 422 g/mol. The summed E-state index contributed by atoms with van der Waals surface area (Å²) < 4.78 is 14.4. The predicted molar refractivity (Wildman–Crippen MR) is 102 cm³/mol. The summed E-state index contributed by atoms with van der Waals surface area (Å²) in [6, 6.07) is 5.70. The summed E-state index contributed by atoms with van der Waals surface area (Å²) in [6.45, 7) is 0.272. The van der Waals surface area contributed by atoms with Gasteiger partial charge in [-0.15, -0.1) is 11.8 Å². The zero-order valence-corrected chi connectivity index (χ0v) is 16.3. The standard InChI is InChI=1S/C19H17ClFN3O3S/c20-11-7-13(21)16(23-9-11)19(4-5-19)18(27)24-10-12(8-14(24)17(25)26)28-15-3-1-2-6-22-15/h1-3,6-7,9,12,14H,4-5,8,10H2,(H,25,26)/t12-,14+/m1/s1. The fourth-order valence-corrected chi connectivity index (χ4v) is 4.93. The number of hydrogen-bond acceptors (Lipinski definition) is 5. The molecule has 4 rings (SSSR count). The van der Waals surface area contributed by atoms with Crippen molar-refractivity contribution in [3.8, 4) is 0 Å². The molecule has 1 aliphatic carbocycles. The number of aromatic nitrogens is 2. The van der Waals surface area contributed by atoms with Crippen molar-refractivity contribution in [2.75, 3.05) is 6.54 Å². The number of carboxylic acids is 1. The van der Waals surface area contributed by atoms with E-state index in [4.69, 9.17) is 11.6 Å². The summed E-state index contributed by atoms with van der Waals surface area (Å²) in [7, 11) is 0. The molecule has 1 saturated heterocycles. The fraction of sp³-hybridized carbons (Fsp3) is 0.368. The molecule has 2 fully saturated rings. The number of carboxylic acid groups (broad SMARTS) is 1. The summed E-state index contributed by atoms with van der Waals surface area (Å²) in [5.41, 5.74) is -1.04. The van der Waals surface area contributed by atoms with Gasteiger partial charge in [0.05, 0.1) is 21.2 Å². The van der Waals surface area contributed by atoms with E-state index in [1.54, 1.807) is 12.3 Å². The number of rotatable bonds is 5. The van der Waals surface area contributed by atoms with Gasteiger partial charge >= 0.3 is 5.97 Å². The van der Waals surface area contributed by atoms with Crippen molar-refractivity contribution in [3.05, 3.63) is 53.2 Å². The van der Waals surface area contributed by atoms with Gasteiger partial charge in [0.2, 0.25) is 5.91 Å². The number of hydrogen-bond donors (Lipinski definition) is 1. The highest BCUT2D eigenvalue weighted by atomic mass is 35.5. The van der Waals surface area contributed by atoms with Gasteiger partial charge in [0, 0.05) is 24.2 Å². The first kappa shape index (κ1) is 19.1. The molecule has 9 heteroatoms. The number of carbonyl (C=O) groups is 2. The third-order valence-electron chi connectivity index (χ3n) is 5.15. The number of thioether (sulfide) groups is 1. The third kappa shape index (κ3) is 3.46. The van der Waals surface area contributed by atoms with Gasteiger partial charge in [0.25, 0.3) is 0 Å². The fourth-order valence-electron chi connectivity index (χ4n) is 3.65. The second-order valence-electron chi connectivity index (χ2n) is 7.02. The minimum atomic E-state index is -1.09. The van der Waals surface area contributed by atoms with E-state index >= 15 is 0 Å². The van der Waals surface area contributed by atoms with Gasteiger partial charge in [0.15, 0.2) is 0 Å². The van der Waals surface area contributed by atoms with Crippen LogP contribution in [0.25, 0.3) is 0 Å². The highest BCUT2D eigenvalue weighted by molar-refractivity contribution is 7.99. The van der Waals surface area contributed by atoms with Crippen LogP contribution >= 0.6 is 23.4 Å². The largest absolute Gasteiger partial charge is 0.480 e. The number of nitrogens with zero attached hydrogens (tertiary/aromatic N) is 3. The van der Waals surface area contributed by atoms with Crippen molar-refractivity contribution < 1.29 is 19.1 Å². The molecular formula is C19H17ClFN3O3S. The topological polar surface area (TPSA) is 83.4 Å². The van der Waals surface area contributed by atoms with E-state index in [2.05, 4.69) is 9.97 Å². The van der Waals surface area contributed by atoms with Gasteiger partial charge in [-0.2, -0.15) is 0 Å². The van der Waals surface area contributed by atoms with Crippen LogP contribution in [0, 0.1) is 5.82 Å². The van der Waals surface area contributed by atoms with Crippen molar-refractivity contribution in [3.63, 3.8) is 0 Å². The van der Waals surface area contributed by atoms with Crippen LogP contribution < -0.4 is 0 Å². The number of likely N-dealkylation sites (tertiary alicyclic amines) is 1. The van der Waals surface area contributed by atoms with Gasteiger partial charge in [-0.3, -0.25) is 9.78 Å². The average Bonchev–Trinajstić information content (AvgIpc) is 3.35. The second-order valence-corrected chi connectivity index (χ2v) is 8.78. The monoisotopic (exact) mass is 421 g/mol. The van der Waals surface area contributed by atoms with Crippen molar-refractivity contribution in [2.45, 2.75) is 41.0 Å². The van der Waals surface area contributed by atoms with Gasteiger partial charge in [-0.25, -0.2) is 14.2 Å². The van der Waals surface area contributed by atoms with E-state index in [9.17, 15) is 19.1 Å². The van der Waals surface area contributed by atoms with Crippen molar-refractivity contribution in [1.82, 2.24) is 14.9 Å². The van der Waals surface area contributed by atoms with Crippen LogP contribution in [0.2, 0.25) is 5.02 Å². The Kier molecular flexibility index (Phi) is 5.01.